The van der Waals surface area contributed by atoms with E-state index >= 15 is 0 Å². The number of carbonyl (C=O) groups is 2. The fourth-order valence-corrected chi connectivity index (χ4v) is 5.33. The summed E-state index contributed by atoms with van der Waals surface area (Å²) >= 11 is 0. The largest absolute Gasteiger partial charge is 0.438 e. The number of nitrogens with zero attached hydrogens (tertiary/aromatic N) is 1. The zero-order chi connectivity index (χ0) is 25.5. The van der Waals surface area contributed by atoms with Crippen molar-refractivity contribution in [3.8, 4) is 22.9 Å². The van der Waals surface area contributed by atoms with Crippen molar-refractivity contribution in [2.75, 3.05) is 0 Å². The van der Waals surface area contributed by atoms with Crippen LogP contribution < -0.4 is 15.8 Å². The summed E-state index contributed by atoms with van der Waals surface area (Å²) in [7, 11) is -3.38. The van der Waals surface area contributed by atoms with Gasteiger partial charge >= 0.3 is 6.03 Å². The van der Waals surface area contributed by atoms with Crippen LogP contribution in [0, 0.1) is 5.41 Å². The molecule has 1 atom stereocenters. The summed E-state index contributed by atoms with van der Waals surface area (Å²) in [6.45, 7) is 6.77. The molecule has 0 aliphatic carbocycles. The molecule has 35 heavy (non-hydrogen) atoms. The van der Waals surface area contributed by atoms with Gasteiger partial charge in [0.1, 0.15) is 5.75 Å². The molecular weight excluding hydrogens is 466 g/mol. The Morgan fingerprint density at radius 3 is 2.29 bits per heavy atom. The maximum atomic E-state index is 12.9. The van der Waals surface area contributed by atoms with E-state index < -0.39 is 38.4 Å². The number of benzene rings is 2. The first-order chi connectivity index (χ1) is 16.4. The zero-order valence-corrected chi connectivity index (χ0v) is 20.7. The first-order valence-corrected chi connectivity index (χ1v) is 12.7. The number of hydrogen-bond acceptors (Lipinski definition) is 6. The number of ether oxygens (including phenoxy) is 1. The highest BCUT2D eigenvalue weighted by Crippen LogP contribution is 2.51. The van der Waals surface area contributed by atoms with E-state index in [-0.39, 0.29) is 4.90 Å². The molecule has 4 rings (SSSR count). The molecule has 3 N–H and O–H groups in total. The number of fused-ring (bicyclic) bond motifs is 2. The molecule has 1 aromatic heterocycles. The molecule has 0 saturated carbocycles. The Bertz CT molecular complexity index is 1410. The normalized spacial score (nSPS) is 15.1. The monoisotopic (exact) mass is 493 g/mol. The quantitative estimate of drug-likeness (QED) is 0.542. The molecule has 2 heterocycles. The lowest BCUT2D eigenvalue weighted by Crippen LogP contribution is -2.46. The molecule has 9 heteroatoms. The lowest BCUT2D eigenvalue weighted by molar-refractivity contribution is -0.128. The van der Waals surface area contributed by atoms with E-state index in [2.05, 4.69) is 5.32 Å². The van der Waals surface area contributed by atoms with Gasteiger partial charge in [-0.3, -0.25) is 10.1 Å². The maximum Gasteiger partial charge on any atom is 0.318 e. The van der Waals surface area contributed by atoms with E-state index in [4.69, 9.17) is 15.5 Å². The van der Waals surface area contributed by atoms with Crippen LogP contribution in [0.2, 0.25) is 0 Å². The Hall–Kier alpha value is -3.72. The highest BCUT2D eigenvalue weighted by molar-refractivity contribution is 7.92. The third-order valence-electron chi connectivity index (χ3n) is 6.28. The second kappa shape index (κ2) is 8.81. The van der Waals surface area contributed by atoms with Gasteiger partial charge in [-0.1, -0.05) is 50.2 Å². The van der Waals surface area contributed by atoms with Crippen LogP contribution in [0.5, 0.6) is 11.6 Å². The molecule has 0 saturated heterocycles. The minimum atomic E-state index is -3.38. The van der Waals surface area contributed by atoms with Crippen LogP contribution in [0.25, 0.3) is 11.3 Å². The number of hydrogen-bond donors (Lipinski definition) is 2. The van der Waals surface area contributed by atoms with Gasteiger partial charge in [0.05, 0.1) is 21.3 Å². The molecule has 3 aromatic rings. The molecule has 182 valence electrons. The summed E-state index contributed by atoms with van der Waals surface area (Å²) in [5.41, 5.74) is 6.95. The van der Waals surface area contributed by atoms with Crippen molar-refractivity contribution >= 4 is 21.8 Å². The summed E-state index contributed by atoms with van der Waals surface area (Å²) < 4.78 is 31.0. The second-order valence-corrected chi connectivity index (χ2v) is 11.8. The van der Waals surface area contributed by atoms with Gasteiger partial charge < -0.3 is 10.5 Å². The smallest absolute Gasteiger partial charge is 0.318 e. The predicted molar refractivity (Wildman–Crippen MR) is 132 cm³/mol. The molecule has 3 amide bonds. The standard InChI is InChI=1S/C26H27N3O5S/c1-15(2)35(32,33)17-11-9-16(10-12-17)20-14-13-19-22(26(3,4)24(30)29-25(27)31)18-7-5-6-8-21(18)34-23(19)28-20/h5-15,22H,1-4H3,(H3,27,29,30,31). The van der Waals surface area contributed by atoms with Crippen LogP contribution in [0.1, 0.15) is 44.7 Å². The van der Waals surface area contributed by atoms with Crippen molar-refractivity contribution in [2.24, 2.45) is 11.1 Å². The van der Waals surface area contributed by atoms with E-state index in [0.717, 1.165) is 11.1 Å². The number of urea groups is 1. The van der Waals surface area contributed by atoms with Crippen molar-refractivity contribution in [1.82, 2.24) is 10.3 Å². The van der Waals surface area contributed by atoms with Gasteiger partial charge in [-0.15, -0.1) is 0 Å². The number of para-hydroxylation sites is 1. The minimum Gasteiger partial charge on any atom is -0.438 e. The highest BCUT2D eigenvalue weighted by atomic mass is 32.2. The van der Waals surface area contributed by atoms with Gasteiger partial charge in [-0.05, 0) is 38.1 Å². The summed E-state index contributed by atoms with van der Waals surface area (Å²) in [6, 6.07) is 16.7. The van der Waals surface area contributed by atoms with Crippen molar-refractivity contribution in [3.05, 3.63) is 71.8 Å². The molecule has 1 unspecified atom stereocenters. The fourth-order valence-electron chi connectivity index (χ4n) is 4.27. The molecule has 0 spiro atoms. The lowest BCUT2D eigenvalue weighted by atomic mass is 9.69. The third-order valence-corrected chi connectivity index (χ3v) is 8.45. The van der Waals surface area contributed by atoms with Crippen molar-refractivity contribution < 1.29 is 22.7 Å². The van der Waals surface area contributed by atoms with Crippen molar-refractivity contribution in [2.45, 2.75) is 43.8 Å². The van der Waals surface area contributed by atoms with Gasteiger partial charge in [-0.25, -0.2) is 18.2 Å². The Morgan fingerprint density at radius 2 is 1.66 bits per heavy atom. The summed E-state index contributed by atoms with van der Waals surface area (Å²) in [5, 5.41) is 1.68. The van der Waals surface area contributed by atoms with Crippen LogP contribution in [-0.2, 0) is 14.6 Å². The van der Waals surface area contributed by atoms with Crippen molar-refractivity contribution in [3.63, 3.8) is 0 Å². The molecular formula is C26H27N3O5S. The van der Waals surface area contributed by atoms with Crippen LogP contribution in [0.4, 0.5) is 4.79 Å². The third kappa shape index (κ3) is 4.39. The summed E-state index contributed by atoms with van der Waals surface area (Å²) in [6.07, 6.45) is 0. The fraction of sp³-hybridized carbons (Fsp3) is 0.269. The number of pyridine rings is 1. The molecule has 0 fully saturated rings. The number of aromatic nitrogens is 1. The Labute approximate surface area is 204 Å². The molecule has 1 aliphatic rings. The van der Waals surface area contributed by atoms with Gasteiger partial charge in [-0.2, -0.15) is 0 Å². The molecule has 0 bridgehead atoms. The SMILES string of the molecule is CC(C)S(=O)(=O)c1ccc(-c2ccc3c(n2)Oc2ccccc2C3C(C)(C)C(=O)NC(N)=O)cc1. The highest BCUT2D eigenvalue weighted by Gasteiger charge is 2.44. The predicted octanol–water partition coefficient (Wildman–Crippen LogP) is 4.39. The summed E-state index contributed by atoms with van der Waals surface area (Å²) in [5.74, 6) is -0.0661. The topological polar surface area (TPSA) is 128 Å². The minimum absolute atomic E-state index is 0.252. The number of carbonyl (C=O) groups excluding carboxylic acids is 2. The molecule has 8 nitrogen and oxygen atoms in total. The number of imide groups is 1. The number of nitrogens with two attached hydrogens (primary N) is 1. The second-order valence-electron chi connectivity index (χ2n) is 9.32. The maximum absolute atomic E-state index is 12.9. The number of amides is 3. The zero-order valence-electron chi connectivity index (χ0n) is 19.9. The first-order valence-electron chi connectivity index (χ1n) is 11.2. The number of primary amides is 1. The Morgan fingerprint density at radius 1 is 1.00 bits per heavy atom. The van der Waals surface area contributed by atoms with E-state index in [1.807, 2.05) is 24.3 Å². The van der Waals surface area contributed by atoms with Gasteiger partial charge in [0, 0.05) is 22.6 Å². The van der Waals surface area contributed by atoms with Crippen LogP contribution in [0.15, 0.2) is 65.6 Å². The van der Waals surface area contributed by atoms with E-state index in [9.17, 15) is 18.0 Å². The number of nitrogens with one attached hydrogen (secondary N) is 1. The van der Waals surface area contributed by atoms with E-state index in [1.165, 1.54) is 0 Å². The Balaban J connectivity index is 1.77. The van der Waals surface area contributed by atoms with Crippen LogP contribution >= 0.6 is 0 Å². The molecule has 1 aliphatic heterocycles. The van der Waals surface area contributed by atoms with Crippen LogP contribution in [0.3, 0.4) is 0 Å². The number of rotatable bonds is 5. The first kappa shape index (κ1) is 24.4. The van der Waals surface area contributed by atoms with Gasteiger partial charge in [0.25, 0.3) is 0 Å². The lowest BCUT2D eigenvalue weighted by Gasteiger charge is -2.37. The Kier molecular flexibility index (Phi) is 6.14. The number of sulfone groups is 1. The average Bonchev–Trinajstić information content (AvgIpc) is 2.81. The van der Waals surface area contributed by atoms with Gasteiger partial charge in [0.15, 0.2) is 9.84 Å². The average molecular weight is 494 g/mol. The molecule has 2 aromatic carbocycles. The van der Waals surface area contributed by atoms with E-state index in [0.29, 0.717) is 22.9 Å². The van der Waals surface area contributed by atoms with Crippen molar-refractivity contribution in [1.29, 1.82) is 0 Å². The molecule has 0 radical (unpaired) electrons. The van der Waals surface area contributed by atoms with Crippen LogP contribution in [-0.4, -0.2) is 30.6 Å². The summed E-state index contributed by atoms with van der Waals surface area (Å²) in [4.78, 5) is 29.2. The van der Waals surface area contributed by atoms with Gasteiger partial charge in [0.2, 0.25) is 11.8 Å². The van der Waals surface area contributed by atoms with E-state index in [1.54, 1.807) is 64.1 Å².